The second kappa shape index (κ2) is 5.28. The lowest BCUT2D eigenvalue weighted by molar-refractivity contribution is 0.0223. The van der Waals surface area contributed by atoms with Gasteiger partial charge in [0.25, 0.3) is 0 Å². The number of hydrogen-bond donors (Lipinski definition) is 1. The lowest BCUT2D eigenvalue weighted by atomic mass is 9.91. The van der Waals surface area contributed by atoms with E-state index in [0.717, 1.165) is 13.0 Å². The highest BCUT2D eigenvalue weighted by Gasteiger charge is 2.32. The lowest BCUT2D eigenvalue weighted by Crippen LogP contribution is -2.46. The molecule has 2 atom stereocenters. The fourth-order valence-electron chi connectivity index (χ4n) is 2.89. The van der Waals surface area contributed by atoms with Crippen LogP contribution in [0.15, 0.2) is 0 Å². The molecule has 0 aromatic heterocycles. The van der Waals surface area contributed by atoms with Crippen molar-refractivity contribution in [2.24, 2.45) is 0 Å². The highest BCUT2D eigenvalue weighted by Crippen LogP contribution is 2.33. The van der Waals surface area contributed by atoms with Crippen LogP contribution in [-0.4, -0.2) is 45.7 Å². The maximum Gasteiger partial charge on any atom is 0.0695 e. The molecule has 94 valence electrons. The number of aliphatic hydroxyl groups excluding tert-OH is 1. The summed E-state index contributed by atoms with van der Waals surface area (Å²) < 4.78 is 0.425. The minimum absolute atomic E-state index is 0.0695. The van der Waals surface area contributed by atoms with E-state index in [1.807, 2.05) is 0 Å². The largest absolute Gasteiger partial charge is 0.391 e. The molecule has 2 aliphatic rings. The molecule has 0 aromatic carbocycles. The van der Waals surface area contributed by atoms with E-state index in [1.54, 1.807) is 0 Å². The molecule has 0 spiro atoms. The van der Waals surface area contributed by atoms with Gasteiger partial charge in [-0.2, -0.15) is 11.8 Å². The van der Waals surface area contributed by atoms with Crippen molar-refractivity contribution in [3.63, 3.8) is 0 Å². The Labute approximate surface area is 104 Å². The zero-order valence-corrected chi connectivity index (χ0v) is 11.4. The molecule has 1 aliphatic carbocycles. The van der Waals surface area contributed by atoms with E-state index in [4.69, 9.17) is 0 Å². The van der Waals surface area contributed by atoms with Crippen molar-refractivity contribution >= 4 is 11.8 Å². The summed E-state index contributed by atoms with van der Waals surface area (Å²) in [6, 6.07) is 0.447. The Balaban J connectivity index is 1.93. The van der Waals surface area contributed by atoms with Gasteiger partial charge < -0.3 is 5.11 Å². The zero-order chi connectivity index (χ0) is 11.6. The molecule has 0 bridgehead atoms. The molecule has 1 aliphatic heterocycles. The molecule has 2 rings (SSSR count). The van der Waals surface area contributed by atoms with Crippen molar-refractivity contribution in [2.75, 3.05) is 18.8 Å². The third-order valence-electron chi connectivity index (χ3n) is 4.04. The van der Waals surface area contributed by atoms with Crippen LogP contribution in [0.5, 0.6) is 0 Å². The normalized spacial score (nSPS) is 36.9. The van der Waals surface area contributed by atoms with Crippen LogP contribution in [0.3, 0.4) is 0 Å². The second-order valence-corrected chi connectivity index (χ2v) is 7.62. The molecule has 0 radical (unpaired) electrons. The van der Waals surface area contributed by atoms with Crippen LogP contribution in [0.1, 0.15) is 46.0 Å². The summed E-state index contributed by atoms with van der Waals surface area (Å²) in [6.07, 6.45) is 5.91. The third kappa shape index (κ3) is 3.14. The number of aliphatic hydroxyl groups is 1. The molecule has 16 heavy (non-hydrogen) atoms. The summed E-state index contributed by atoms with van der Waals surface area (Å²) in [7, 11) is 0. The smallest absolute Gasteiger partial charge is 0.0695 e. The van der Waals surface area contributed by atoms with Gasteiger partial charge in [0.2, 0.25) is 0 Å². The average Bonchev–Trinajstić information content (AvgIpc) is 2.40. The molecule has 2 nitrogen and oxygen atoms in total. The van der Waals surface area contributed by atoms with Crippen molar-refractivity contribution in [1.82, 2.24) is 4.90 Å². The zero-order valence-electron chi connectivity index (χ0n) is 10.6. The molecule has 0 unspecified atom stereocenters. The van der Waals surface area contributed by atoms with Crippen LogP contribution in [-0.2, 0) is 0 Å². The Kier molecular flexibility index (Phi) is 4.20. The van der Waals surface area contributed by atoms with Gasteiger partial charge in [0.1, 0.15) is 0 Å². The molecule has 1 heterocycles. The first-order chi connectivity index (χ1) is 7.58. The maximum absolute atomic E-state index is 10.1. The monoisotopic (exact) mass is 243 g/mol. The summed E-state index contributed by atoms with van der Waals surface area (Å²) in [4.78, 5) is 2.55. The first-order valence-electron chi connectivity index (χ1n) is 6.65. The molecular formula is C13H25NOS. The fourth-order valence-corrected chi connectivity index (χ4v) is 4.00. The van der Waals surface area contributed by atoms with E-state index < -0.39 is 0 Å². The van der Waals surface area contributed by atoms with Crippen LogP contribution in [0.25, 0.3) is 0 Å². The Bertz CT molecular complexity index is 232. The molecular weight excluding hydrogens is 218 g/mol. The summed E-state index contributed by atoms with van der Waals surface area (Å²) in [5.41, 5.74) is 0. The van der Waals surface area contributed by atoms with Crippen molar-refractivity contribution in [3.8, 4) is 0 Å². The first-order valence-corrected chi connectivity index (χ1v) is 7.63. The molecule has 1 saturated carbocycles. The summed E-state index contributed by atoms with van der Waals surface area (Å²) in [5.74, 6) is 1.22. The van der Waals surface area contributed by atoms with Crippen LogP contribution < -0.4 is 0 Å². The van der Waals surface area contributed by atoms with Crippen molar-refractivity contribution in [3.05, 3.63) is 0 Å². The fraction of sp³-hybridized carbons (Fsp3) is 1.00. The Hall–Kier alpha value is 0.270. The van der Waals surface area contributed by atoms with E-state index in [0.29, 0.717) is 10.8 Å². The standard InChI is InChI=1S/C13H25NOS/c1-13(2)7-8-14(9-10-16-13)11-5-3-4-6-12(11)15/h11-12,15H,3-10H2,1-2H3/t11-,12-/m0/s1. The minimum atomic E-state index is -0.0695. The summed E-state index contributed by atoms with van der Waals surface area (Å²) >= 11 is 2.09. The van der Waals surface area contributed by atoms with Gasteiger partial charge in [-0.25, -0.2) is 0 Å². The number of thioether (sulfide) groups is 1. The number of nitrogens with zero attached hydrogens (tertiary/aromatic N) is 1. The van der Waals surface area contributed by atoms with Gasteiger partial charge in [-0.3, -0.25) is 4.90 Å². The topological polar surface area (TPSA) is 23.5 Å². The number of rotatable bonds is 1. The van der Waals surface area contributed by atoms with Crippen LogP contribution in [0, 0.1) is 0 Å². The summed E-state index contributed by atoms with van der Waals surface area (Å²) in [5, 5.41) is 10.1. The van der Waals surface area contributed by atoms with Crippen LogP contribution in [0.4, 0.5) is 0 Å². The van der Waals surface area contributed by atoms with Crippen molar-refractivity contribution in [2.45, 2.75) is 62.8 Å². The minimum Gasteiger partial charge on any atom is -0.391 e. The Morgan fingerprint density at radius 1 is 1.19 bits per heavy atom. The van der Waals surface area contributed by atoms with Gasteiger partial charge in [-0.15, -0.1) is 0 Å². The summed E-state index contributed by atoms with van der Waals surface area (Å²) in [6.45, 7) is 7.02. The first kappa shape index (κ1) is 12.7. The van der Waals surface area contributed by atoms with Gasteiger partial charge in [-0.1, -0.05) is 26.7 Å². The van der Waals surface area contributed by atoms with E-state index in [2.05, 4.69) is 30.5 Å². The lowest BCUT2D eigenvalue weighted by Gasteiger charge is -2.37. The Morgan fingerprint density at radius 3 is 2.69 bits per heavy atom. The Morgan fingerprint density at radius 2 is 1.94 bits per heavy atom. The second-order valence-electron chi connectivity index (χ2n) is 5.81. The third-order valence-corrected chi connectivity index (χ3v) is 5.41. The maximum atomic E-state index is 10.1. The predicted molar refractivity (Wildman–Crippen MR) is 71.0 cm³/mol. The quantitative estimate of drug-likeness (QED) is 0.765. The van der Waals surface area contributed by atoms with Crippen LogP contribution in [0.2, 0.25) is 0 Å². The van der Waals surface area contributed by atoms with E-state index in [9.17, 15) is 5.11 Å². The van der Waals surface area contributed by atoms with Gasteiger partial charge in [0, 0.05) is 23.1 Å². The molecule has 0 amide bonds. The highest BCUT2D eigenvalue weighted by atomic mass is 32.2. The van der Waals surface area contributed by atoms with Gasteiger partial charge in [0.05, 0.1) is 6.10 Å². The molecule has 0 aromatic rings. The number of hydrogen-bond acceptors (Lipinski definition) is 3. The van der Waals surface area contributed by atoms with Gasteiger partial charge in [-0.05, 0) is 25.8 Å². The molecule has 3 heteroatoms. The van der Waals surface area contributed by atoms with Crippen molar-refractivity contribution in [1.29, 1.82) is 0 Å². The molecule has 2 fully saturated rings. The van der Waals surface area contributed by atoms with Crippen LogP contribution >= 0.6 is 11.8 Å². The van der Waals surface area contributed by atoms with E-state index in [-0.39, 0.29) is 6.10 Å². The SMILES string of the molecule is CC1(C)CCN([C@H]2CCCC[C@@H]2O)CCS1. The average molecular weight is 243 g/mol. The molecule has 1 saturated heterocycles. The molecule has 1 N–H and O–H groups in total. The van der Waals surface area contributed by atoms with Gasteiger partial charge >= 0.3 is 0 Å². The highest BCUT2D eigenvalue weighted by molar-refractivity contribution is 8.00. The van der Waals surface area contributed by atoms with Gasteiger partial charge in [0.15, 0.2) is 0 Å². The van der Waals surface area contributed by atoms with Crippen molar-refractivity contribution < 1.29 is 5.11 Å². The predicted octanol–water partition coefficient (Wildman–Crippen LogP) is 2.51. The van der Waals surface area contributed by atoms with E-state index >= 15 is 0 Å². The van der Waals surface area contributed by atoms with E-state index in [1.165, 1.54) is 38.0 Å².